The van der Waals surface area contributed by atoms with Crippen molar-refractivity contribution in [2.75, 3.05) is 43.4 Å². The van der Waals surface area contributed by atoms with E-state index in [2.05, 4.69) is 31.2 Å². The Morgan fingerprint density at radius 3 is 2.53 bits per heavy atom. The average molecular weight is 424 g/mol. The maximum absolute atomic E-state index is 13.0. The van der Waals surface area contributed by atoms with E-state index in [9.17, 15) is 9.59 Å². The van der Waals surface area contributed by atoms with Gasteiger partial charge >= 0.3 is 6.03 Å². The highest BCUT2D eigenvalue weighted by molar-refractivity contribution is 7.99. The van der Waals surface area contributed by atoms with E-state index in [-0.39, 0.29) is 18.5 Å². The van der Waals surface area contributed by atoms with Gasteiger partial charge in [-0.15, -0.1) is 0 Å². The molecule has 0 aliphatic carbocycles. The maximum atomic E-state index is 13.0. The molecule has 1 atom stereocenters. The minimum Gasteiger partial charge on any atom is -0.340 e. The monoisotopic (exact) mass is 423 g/mol. The number of aryl methyl sites for hydroxylation is 2. The number of rotatable bonds is 4. The molecule has 158 valence electrons. The first-order valence-corrected chi connectivity index (χ1v) is 11.7. The molecule has 0 radical (unpaired) electrons. The van der Waals surface area contributed by atoms with E-state index in [4.69, 9.17) is 0 Å². The summed E-state index contributed by atoms with van der Waals surface area (Å²) in [5.41, 5.74) is 4.75. The summed E-state index contributed by atoms with van der Waals surface area (Å²) in [6.07, 6.45) is 0.949. The number of amides is 3. The van der Waals surface area contributed by atoms with E-state index in [1.165, 1.54) is 16.7 Å². The number of nitrogens with zero attached hydrogens (tertiary/aromatic N) is 3. The van der Waals surface area contributed by atoms with Gasteiger partial charge in [-0.3, -0.25) is 9.69 Å². The van der Waals surface area contributed by atoms with Crippen molar-refractivity contribution in [3.05, 3.63) is 65.2 Å². The first kappa shape index (κ1) is 20.8. The Balaban J connectivity index is 1.34. The zero-order valence-corrected chi connectivity index (χ0v) is 18.5. The van der Waals surface area contributed by atoms with Crippen molar-refractivity contribution >= 4 is 29.4 Å². The molecule has 0 N–H and O–H groups in total. The third-order valence-corrected chi connectivity index (χ3v) is 7.31. The molecule has 6 heteroatoms. The predicted molar refractivity (Wildman–Crippen MR) is 123 cm³/mol. The van der Waals surface area contributed by atoms with Crippen LogP contribution in [0.3, 0.4) is 0 Å². The molecule has 2 aromatic carbocycles. The molecule has 5 nitrogen and oxygen atoms in total. The molecule has 4 rings (SSSR count). The van der Waals surface area contributed by atoms with Gasteiger partial charge in [0.05, 0.1) is 0 Å². The van der Waals surface area contributed by atoms with Crippen molar-refractivity contribution in [2.24, 2.45) is 0 Å². The van der Waals surface area contributed by atoms with Crippen molar-refractivity contribution in [2.45, 2.75) is 25.5 Å². The Morgan fingerprint density at radius 1 is 1.00 bits per heavy atom. The van der Waals surface area contributed by atoms with Crippen molar-refractivity contribution in [3.63, 3.8) is 0 Å². The molecule has 2 heterocycles. The van der Waals surface area contributed by atoms with Gasteiger partial charge in [-0.1, -0.05) is 42.0 Å². The Labute approximate surface area is 183 Å². The molecular weight excluding hydrogens is 394 g/mol. The second kappa shape index (κ2) is 9.13. The lowest BCUT2D eigenvalue weighted by Gasteiger charge is -2.24. The molecule has 0 bridgehead atoms. The van der Waals surface area contributed by atoms with E-state index in [0.717, 1.165) is 31.0 Å². The van der Waals surface area contributed by atoms with Crippen LogP contribution in [0.25, 0.3) is 0 Å². The summed E-state index contributed by atoms with van der Waals surface area (Å²) >= 11 is 1.93. The summed E-state index contributed by atoms with van der Waals surface area (Å²) < 4.78 is 0. The summed E-state index contributed by atoms with van der Waals surface area (Å²) in [5.74, 6) is 0.980. The number of carbonyl (C=O) groups is 2. The summed E-state index contributed by atoms with van der Waals surface area (Å²) in [6.45, 7) is 7.06. The second-order valence-corrected chi connectivity index (χ2v) is 9.39. The van der Waals surface area contributed by atoms with Crippen LogP contribution in [0.5, 0.6) is 0 Å². The van der Waals surface area contributed by atoms with Crippen LogP contribution in [0.2, 0.25) is 0 Å². The molecule has 0 spiro atoms. The number of carbonyl (C=O) groups excluding carboxylic acids is 2. The first-order valence-electron chi connectivity index (χ1n) is 10.6. The summed E-state index contributed by atoms with van der Waals surface area (Å²) in [5, 5.41) is 0.425. The largest absolute Gasteiger partial charge is 0.340 e. The van der Waals surface area contributed by atoms with E-state index >= 15 is 0 Å². The molecule has 2 aliphatic heterocycles. The van der Waals surface area contributed by atoms with Crippen LogP contribution >= 0.6 is 11.8 Å². The van der Waals surface area contributed by atoms with E-state index in [1.54, 1.807) is 9.80 Å². The molecule has 0 saturated carbocycles. The zero-order chi connectivity index (χ0) is 21.1. The number of anilines is 1. The van der Waals surface area contributed by atoms with Crippen LogP contribution in [-0.2, 0) is 4.79 Å². The molecular formula is C24H29N3O2S. The Bertz CT molecular complexity index is 915. The minimum atomic E-state index is -0.0748. The van der Waals surface area contributed by atoms with Gasteiger partial charge in [-0.25, -0.2) is 4.79 Å². The lowest BCUT2D eigenvalue weighted by atomic mass is 10.0. The predicted octanol–water partition coefficient (Wildman–Crippen LogP) is 4.25. The van der Waals surface area contributed by atoms with Crippen LogP contribution in [-0.4, -0.2) is 60.2 Å². The van der Waals surface area contributed by atoms with Gasteiger partial charge in [0, 0.05) is 42.9 Å². The average Bonchev–Trinajstić information content (AvgIpc) is 2.95. The summed E-state index contributed by atoms with van der Waals surface area (Å²) in [4.78, 5) is 31.2. The Kier molecular flexibility index (Phi) is 6.32. The molecule has 0 aromatic heterocycles. The van der Waals surface area contributed by atoms with E-state index in [1.807, 2.05) is 47.9 Å². The van der Waals surface area contributed by atoms with Crippen molar-refractivity contribution in [1.29, 1.82) is 0 Å². The van der Waals surface area contributed by atoms with Gasteiger partial charge in [0.2, 0.25) is 5.91 Å². The highest BCUT2D eigenvalue weighted by Crippen LogP contribution is 2.36. The van der Waals surface area contributed by atoms with Crippen molar-refractivity contribution in [3.8, 4) is 0 Å². The topological polar surface area (TPSA) is 43.9 Å². The van der Waals surface area contributed by atoms with Crippen LogP contribution in [0.4, 0.5) is 10.5 Å². The molecule has 2 fully saturated rings. The van der Waals surface area contributed by atoms with E-state index in [0.29, 0.717) is 18.3 Å². The fourth-order valence-corrected chi connectivity index (χ4v) is 5.50. The number of thioether (sulfide) groups is 1. The molecule has 3 amide bonds. The third-order valence-electron chi connectivity index (χ3n) is 6.00. The molecule has 2 aromatic rings. The second-order valence-electron chi connectivity index (χ2n) is 8.08. The normalized spacial score (nSPS) is 19.9. The fourth-order valence-electron chi connectivity index (χ4n) is 4.17. The lowest BCUT2D eigenvalue weighted by molar-refractivity contribution is -0.131. The highest BCUT2D eigenvalue weighted by Gasteiger charge is 2.32. The number of hydrogen-bond donors (Lipinski definition) is 0. The zero-order valence-electron chi connectivity index (χ0n) is 17.7. The number of hydrogen-bond acceptors (Lipinski definition) is 3. The summed E-state index contributed by atoms with van der Waals surface area (Å²) in [6, 6.07) is 16.4. The number of urea groups is 1. The molecule has 1 unspecified atom stereocenters. The summed E-state index contributed by atoms with van der Waals surface area (Å²) in [7, 11) is 0. The molecule has 2 aliphatic rings. The lowest BCUT2D eigenvalue weighted by Crippen LogP contribution is -2.43. The van der Waals surface area contributed by atoms with Gasteiger partial charge < -0.3 is 9.80 Å². The Hall–Kier alpha value is -2.47. The third kappa shape index (κ3) is 4.48. The smallest absolute Gasteiger partial charge is 0.325 e. The standard InChI is InChI=1S/C24H29N3O2S/c1-18-7-9-20(10-8-18)27-14-13-26(24(27)29)17-23(28)25-12-11-22(30-16-15-25)21-6-4-3-5-19(21)2/h3-10,22H,11-17H2,1-2H3. The van der Waals surface area contributed by atoms with Crippen molar-refractivity contribution < 1.29 is 9.59 Å². The van der Waals surface area contributed by atoms with Gasteiger partial charge in [0.1, 0.15) is 6.54 Å². The molecule has 30 heavy (non-hydrogen) atoms. The molecule has 2 saturated heterocycles. The maximum Gasteiger partial charge on any atom is 0.325 e. The van der Waals surface area contributed by atoms with Gasteiger partial charge in [0.15, 0.2) is 0 Å². The van der Waals surface area contributed by atoms with Crippen LogP contribution < -0.4 is 4.90 Å². The number of benzene rings is 2. The highest BCUT2D eigenvalue weighted by atomic mass is 32.2. The van der Waals surface area contributed by atoms with Crippen LogP contribution in [0, 0.1) is 13.8 Å². The fraction of sp³-hybridized carbons (Fsp3) is 0.417. The Morgan fingerprint density at radius 2 is 1.77 bits per heavy atom. The van der Waals surface area contributed by atoms with Gasteiger partial charge in [-0.2, -0.15) is 11.8 Å². The van der Waals surface area contributed by atoms with Gasteiger partial charge in [-0.05, 0) is 43.5 Å². The minimum absolute atomic E-state index is 0.0557. The van der Waals surface area contributed by atoms with Crippen molar-refractivity contribution in [1.82, 2.24) is 9.80 Å². The SMILES string of the molecule is Cc1ccc(N2CCN(CC(=O)N3CCSC(c4ccccc4C)CC3)C2=O)cc1. The first-order chi connectivity index (χ1) is 14.5. The van der Waals surface area contributed by atoms with Gasteiger partial charge in [0.25, 0.3) is 0 Å². The quantitative estimate of drug-likeness (QED) is 0.738. The van der Waals surface area contributed by atoms with Crippen LogP contribution in [0.1, 0.15) is 28.4 Å². The van der Waals surface area contributed by atoms with Crippen LogP contribution in [0.15, 0.2) is 48.5 Å². The van der Waals surface area contributed by atoms with E-state index < -0.39 is 0 Å².